The van der Waals surface area contributed by atoms with E-state index in [9.17, 15) is 24.1 Å². The second-order valence-corrected chi connectivity index (χ2v) is 5.38. The molecule has 9 heteroatoms. The fourth-order valence-corrected chi connectivity index (χ4v) is 2.39. The number of carbonyl (C=O) groups is 2. The maximum Gasteiger partial charge on any atom is 0.304 e. The minimum Gasteiger partial charge on any atom is -0.343 e. The second-order valence-electron chi connectivity index (χ2n) is 5.38. The van der Waals surface area contributed by atoms with Crippen LogP contribution < -0.4 is 5.32 Å². The topological polar surface area (TPSA) is 95.8 Å². The lowest BCUT2D eigenvalue weighted by Gasteiger charge is -2.36. The van der Waals surface area contributed by atoms with Crippen molar-refractivity contribution < 1.29 is 18.9 Å². The summed E-state index contributed by atoms with van der Waals surface area (Å²) in [6.45, 7) is 2.80. The molecule has 124 valence electrons. The Morgan fingerprint density at radius 1 is 1.48 bits per heavy atom. The van der Waals surface area contributed by atoms with E-state index >= 15 is 0 Å². The smallest absolute Gasteiger partial charge is 0.304 e. The van der Waals surface area contributed by atoms with E-state index in [-0.39, 0.29) is 18.1 Å². The van der Waals surface area contributed by atoms with Crippen LogP contribution in [-0.4, -0.2) is 59.3 Å². The highest BCUT2D eigenvalue weighted by molar-refractivity contribution is 5.93. The van der Waals surface area contributed by atoms with Crippen molar-refractivity contribution in [2.75, 3.05) is 32.0 Å². The van der Waals surface area contributed by atoms with Crippen LogP contribution in [-0.2, 0) is 9.59 Å². The molecule has 0 unspecified atom stereocenters. The molecule has 2 rings (SSSR count). The zero-order chi connectivity index (χ0) is 17.1. The van der Waals surface area contributed by atoms with E-state index in [4.69, 9.17) is 0 Å². The molecule has 0 spiro atoms. The highest BCUT2D eigenvalue weighted by atomic mass is 19.1. The van der Waals surface area contributed by atoms with Gasteiger partial charge in [0.2, 0.25) is 17.6 Å². The summed E-state index contributed by atoms with van der Waals surface area (Å²) in [4.78, 5) is 36.9. The number of amides is 2. The Labute approximate surface area is 132 Å². The second kappa shape index (κ2) is 6.69. The Bertz CT molecular complexity index is 652. The van der Waals surface area contributed by atoms with Crippen LogP contribution in [0.2, 0.25) is 0 Å². The maximum atomic E-state index is 13.5. The summed E-state index contributed by atoms with van der Waals surface area (Å²) in [5.74, 6) is -1.50. The number of anilines is 1. The van der Waals surface area contributed by atoms with Crippen LogP contribution in [0.3, 0.4) is 0 Å². The molecule has 1 fully saturated rings. The van der Waals surface area contributed by atoms with Crippen LogP contribution in [0.25, 0.3) is 0 Å². The fraction of sp³-hybridized carbons (Fsp3) is 0.429. The van der Waals surface area contributed by atoms with E-state index in [1.54, 1.807) is 23.8 Å². The van der Waals surface area contributed by atoms with Crippen molar-refractivity contribution in [1.82, 2.24) is 9.80 Å². The third-order valence-electron chi connectivity index (χ3n) is 3.78. The number of hydrogen-bond acceptors (Lipinski definition) is 5. The lowest BCUT2D eigenvalue weighted by atomic mass is 10.2. The highest BCUT2D eigenvalue weighted by Gasteiger charge is 2.30. The zero-order valence-corrected chi connectivity index (χ0v) is 12.8. The molecule has 0 bridgehead atoms. The van der Waals surface area contributed by atoms with Crippen molar-refractivity contribution in [2.24, 2.45) is 0 Å². The first-order valence-electron chi connectivity index (χ1n) is 7.02. The molecule has 1 N–H and O–H groups in total. The number of benzene rings is 1. The molecule has 8 nitrogen and oxygen atoms in total. The van der Waals surface area contributed by atoms with Gasteiger partial charge in [-0.3, -0.25) is 24.6 Å². The molecule has 2 amide bonds. The average Bonchev–Trinajstić information content (AvgIpc) is 2.47. The van der Waals surface area contributed by atoms with Gasteiger partial charge in [-0.15, -0.1) is 0 Å². The van der Waals surface area contributed by atoms with Crippen LogP contribution >= 0.6 is 0 Å². The fourth-order valence-electron chi connectivity index (χ4n) is 2.39. The Morgan fingerprint density at radius 3 is 2.78 bits per heavy atom. The summed E-state index contributed by atoms with van der Waals surface area (Å²) < 4.78 is 13.5. The van der Waals surface area contributed by atoms with Crippen molar-refractivity contribution in [1.29, 1.82) is 0 Å². The molecular weight excluding hydrogens is 307 g/mol. The van der Waals surface area contributed by atoms with Crippen molar-refractivity contribution in [3.8, 4) is 0 Å². The van der Waals surface area contributed by atoms with Crippen molar-refractivity contribution in [3.63, 3.8) is 0 Å². The standard InChI is InChI=1S/C14H17FN4O4/c1-9-14(21)17(2)5-6-18(9)8-13(20)16-10-3-4-12(19(22)23)11(15)7-10/h3-4,7,9H,5-6,8H2,1-2H3,(H,16,20)/t9-/m1/s1. The first-order valence-corrected chi connectivity index (χ1v) is 7.02. The average molecular weight is 324 g/mol. The molecule has 1 aromatic carbocycles. The van der Waals surface area contributed by atoms with E-state index < -0.39 is 28.4 Å². The van der Waals surface area contributed by atoms with Gasteiger partial charge in [-0.25, -0.2) is 0 Å². The Hall–Kier alpha value is -2.55. The highest BCUT2D eigenvalue weighted by Crippen LogP contribution is 2.21. The number of halogens is 1. The molecule has 0 aromatic heterocycles. The molecule has 1 aliphatic heterocycles. The molecule has 0 saturated carbocycles. The predicted octanol–water partition coefficient (Wildman–Crippen LogP) is 0.835. The van der Waals surface area contributed by atoms with Gasteiger partial charge in [0, 0.05) is 38.0 Å². The van der Waals surface area contributed by atoms with E-state index in [2.05, 4.69) is 5.32 Å². The van der Waals surface area contributed by atoms with Gasteiger partial charge in [-0.1, -0.05) is 0 Å². The summed E-state index contributed by atoms with van der Waals surface area (Å²) in [6.07, 6.45) is 0. The van der Waals surface area contributed by atoms with Gasteiger partial charge >= 0.3 is 5.69 Å². The summed E-state index contributed by atoms with van der Waals surface area (Å²) in [5, 5.41) is 13.0. The monoisotopic (exact) mass is 324 g/mol. The van der Waals surface area contributed by atoms with Gasteiger partial charge in [-0.05, 0) is 13.0 Å². The third kappa shape index (κ3) is 3.81. The van der Waals surface area contributed by atoms with Gasteiger partial charge in [-0.2, -0.15) is 4.39 Å². The Balaban J connectivity index is 1.99. The molecule has 1 aromatic rings. The molecule has 23 heavy (non-hydrogen) atoms. The molecule has 0 aliphatic carbocycles. The minimum atomic E-state index is -1.02. The van der Waals surface area contributed by atoms with Gasteiger partial charge in [0.1, 0.15) is 0 Å². The van der Waals surface area contributed by atoms with Crippen LogP contribution in [0.15, 0.2) is 18.2 Å². The largest absolute Gasteiger partial charge is 0.343 e. The first kappa shape index (κ1) is 16.8. The molecule has 0 radical (unpaired) electrons. The molecule has 1 atom stereocenters. The third-order valence-corrected chi connectivity index (χ3v) is 3.78. The molecule has 1 heterocycles. The molecule has 1 aliphatic rings. The summed E-state index contributed by atoms with van der Waals surface area (Å²) in [6, 6.07) is 2.74. The summed E-state index contributed by atoms with van der Waals surface area (Å²) in [5.41, 5.74) is -0.521. The van der Waals surface area contributed by atoms with E-state index in [1.807, 2.05) is 0 Å². The number of hydrogen-bond donors (Lipinski definition) is 1. The van der Waals surface area contributed by atoms with Gasteiger partial charge in [0.25, 0.3) is 0 Å². The van der Waals surface area contributed by atoms with Crippen LogP contribution in [0.1, 0.15) is 6.92 Å². The number of nitrogens with one attached hydrogen (secondary N) is 1. The quantitative estimate of drug-likeness (QED) is 0.654. The number of nitro groups is 1. The molecular formula is C14H17FN4O4. The van der Waals surface area contributed by atoms with Crippen LogP contribution in [0.5, 0.6) is 0 Å². The number of rotatable bonds is 4. The van der Waals surface area contributed by atoms with Gasteiger partial charge in [0.05, 0.1) is 17.5 Å². The lowest BCUT2D eigenvalue weighted by molar-refractivity contribution is -0.387. The minimum absolute atomic E-state index is 0.0145. The zero-order valence-electron chi connectivity index (χ0n) is 12.8. The van der Waals surface area contributed by atoms with Gasteiger partial charge < -0.3 is 10.2 Å². The number of nitro benzene ring substituents is 1. The van der Waals surface area contributed by atoms with Crippen molar-refractivity contribution in [2.45, 2.75) is 13.0 Å². The van der Waals surface area contributed by atoms with Crippen molar-refractivity contribution in [3.05, 3.63) is 34.1 Å². The van der Waals surface area contributed by atoms with Gasteiger partial charge in [0.15, 0.2) is 0 Å². The Kier molecular flexibility index (Phi) is 4.89. The first-order chi connectivity index (χ1) is 10.8. The normalized spacial score (nSPS) is 18.8. The summed E-state index contributed by atoms with van der Waals surface area (Å²) in [7, 11) is 1.70. The van der Waals surface area contributed by atoms with E-state index in [0.717, 1.165) is 12.1 Å². The lowest BCUT2D eigenvalue weighted by Crippen LogP contribution is -2.55. The predicted molar refractivity (Wildman–Crippen MR) is 80.4 cm³/mol. The summed E-state index contributed by atoms with van der Waals surface area (Å²) >= 11 is 0. The number of carbonyl (C=O) groups excluding carboxylic acids is 2. The van der Waals surface area contributed by atoms with E-state index in [1.165, 1.54) is 6.07 Å². The number of likely N-dealkylation sites (N-methyl/N-ethyl adjacent to an activating group) is 1. The van der Waals surface area contributed by atoms with Crippen LogP contribution in [0, 0.1) is 15.9 Å². The Morgan fingerprint density at radius 2 is 2.17 bits per heavy atom. The van der Waals surface area contributed by atoms with E-state index in [0.29, 0.717) is 13.1 Å². The maximum absolute atomic E-state index is 13.5. The number of nitrogens with zero attached hydrogens (tertiary/aromatic N) is 3. The number of piperazine rings is 1. The van der Waals surface area contributed by atoms with Crippen molar-refractivity contribution >= 4 is 23.2 Å². The SMILES string of the molecule is C[C@@H]1C(=O)N(C)CCN1CC(=O)Nc1ccc([N+](=O)[O-])c(F)c1. The molecule has 1 saturated heterocycles. The van der Waals surface area contributed by atoms with Crippen LogP contribution in [0.4, 0.5) is 15.8 Å².